The Morgan fingerprint density at radius 1 is 0.958 bits per heavy atom. The van der Waals surface area contributed by atoms with Gasteiger partial charge in [0.05, 0.1) is 13.2 Å². The predicted octanol–water partition coefficient (Wildman–Crippen LogP) is 1.71. The molecule has 132 valence electrons. The van der Waals surface area contributed by atoms with Crippen molar-refractivity contribution in [2.24, 2.45) is 0 Å². The molecule has 0 spiro atoms. The lowest BCUT2D eigenvalue weighted by Crippen LogP contribution is -2.47. The lowest BCUT2D eigenvalue weighted by molar-refractivity contribution is 0.0318. The molecular weight excluding hydrogens is 298 g/mol. The highest BCUT2D eigenvalue weighted by atomic mass is 16.5. The summed E-state index contributed by atoms with van der Waals surface area (Å²) in [7, 11) is 0. The first-order valence-electron chi connectivity index (χ1n) is 9.72. The molecule has 2 saturated heterocycles. The topological polar surface area (TPSA) is 27.7 Å². The van der Waals surface area contributed by atoms with Gasteiger partial charge in [0.2, 0.25) is 0 Å². The Morgan fingerprint density at radius 3 is 2.42 bits per heavy atom. The number of benzene rings is 1. The minimum absolute atomic E-state index is 0.720. The van der Waals surface area contributed by atoms with Crippen molar-refractivity contribution >= 4 is 0 Å². The average molecular weight is 329 g/mol. The van der Waals surface area contributed by atoms with Crippen molar-refractivity contribution in [3.63, 3.8) is 0 Å². The second-order valence-electron chi connectivity index (χ2n) is 7.58. The van der Waals surface area contributed by atoms with E-state index in [0.717, 1.165) is 44.8 Å². The van der Waals surface area contributed by atoms with E-state index in [4.69, 9.17) is 4.74 Å². The highest BCUT2D eigenvalue weighted by Gasteiger charge is 2.26. The van der Waals surface area contributed by atoms with Crippen LogP contribution in [-0.4, -0.2) is 74.9 Å². The van der Waals surface area contributed by atoms with Gasteiger partial charge in [-0.25, -0.2) is 0 Å². The third-order valence-corrected chi connectivity index (χ3v) is 6.04. The molecule has 24 heavy (non-hydrogen) atoms. The van der Waals surface area contributed by atoms with Gasteiger partial charge < -0.3 is 15.0 Å². The van der Waals surface area contributed by atoms with Crippen molar-refractivity contribution in [1.29, 1.82) is 0 Å². The van der Waals surface area contributed by atoms with Crippen molar-refractivity contribution in [2.45, 2.75) is 31.2 Å². The van der Waals surface area contributed by atoms with E-state index in [9.17, 15) is 0 Å². The molecule has 4 heteroatoms. The van der Waals surface area contributed by atoms with Crippen LogP contribution in [0.1, 0.15) is 29.9 Å². The molecule has 0 amide bonds. The summed E-state index contributed by atoms with van der Waals surface area (Å²) in [4.78, 5) is 5.19. The van der Waals surface area contributed by atoms with Gasteiger partial charge >= 0.3 is 0 Å². The minimum Gasteiger partial charge on any atom is -0.379 e. The Morgan fingerprint density at radius 2 is 1.67 bits per heavy atom. The summed E-state index contributed by atoms with van der Waals surface area (Å²) < 4.78 is 5.42. The maximum Gasteiger partial charge on any atom is 0.0594 e. The van der Waals surface area contributed by atoms with Crippen LogP contribution in [-0.2, 0) is 11.2 Å². The van der Waals surface area contributed by atoms with Gasteiger partial charge in [-0.2, -0.15) is 0 Å². The van der Waals surface area contributed by atoms with Crippen molar-refractivity contribution in [3.8, 4) is 0 Å². The van der Waals surface area contributed by atoms with Crippen LogP contribution in [0.15, 0.2) is 24.3 Å². The third kappa shape index (κ3) is 3.99. The number of rotatable bonds is 6. The first kappa shape index (κ1) is 16.5. The molecule has 1 unspecified atom stereocenters. The molecule has 0 saturated carbocycles. The highest BCUT2D eigenvalue weighted by Crippen LogP contribution is 2.34. The van der Waals surface area contributed by atoms with Crippen molar-refractivity contribution in [1.82, 2.24) is 15.1 Å². The summed E-state index contributed by atoms with van der Waals surface area (Å²) in [5.41, 5.74) is 3.13. The lowest BCUT2D eigenvalue weighted by atomic mass is 9.77. The number of nitrogens with zero attached hydrogens (tertiary/aromatic N) is 2. The van der Waals surface area contributed by atoms with Crippen molar-refractivity contribution in [3.05, 3.63) is 35.4 Å². The van der Waals surface area contributed by atoms with E-state index in [-0.39, 0.29) is 0 Å². The van der Waals surface area contributed by atoms with Crippen molar-refractivity contribution in [2.75, 3.05) is 59.0 Å². The third-order valence-electron chi connectivity index (χ3n) is 6.04. The Hall–Kier alpha value is -0.940. The number of fused-ring (bicyclic) bond motifs is 1. The number of hydrogen-bond acceptors (Lipinski definition) is 4. The summed E-state index contributed by atoms with van der Waals surface area (Å²) in [5.74, 6) is 0.751. The predicted molar refractivity (Wildman–Crippen MR) is 97.6 cm³/mol. The normalized spacial score (nSPS) is 26.1. The molecule has 1 N–H and O–H groups in total. The molecule has 4 rings (SSSR count). The van der Waals surface area contributed by atoms with Gasteiger partial charge in [-0.1, -0.05) is 24.3 Å². The van der Waals surface area contributed by atoms with Gasteiger partial charge in [0.1, 0.15) is 0 Å². The quantitative estimate of drug-likeness (QED) is 0.860. The minimum atomic E-state index is 0.720. The zero-order valence-electron chi connectivity index (χ0n) is 14.8. The molecule has 1 aromatic rings. The molecule has 1 atom stereocenters. The van der Waals surface area contributed by atoms with Gasteiger partial charge in [-0.3, -0.25) is 4.90 Å². The molecule has 0 bridgehead atoms. The SMILES string of the molecule is c1ccc2c(c1)CC2CNC1CCN(CCN2CCOCC2)CC1. The second kappa shape index (κ2) is 7.96. The van der Waals surface area contributed by atoms with Crippen LogP contribution in [0.4, 0.5) is 0 Å². The second-order valence-corrected chi connectivity index (χ2v) is 7.58. The Labute approximate surface area is 146 Å². The zero-order valence-corrected chi connectivity index (χ0v) is 14.8. The van der Waals surface area contributed by atoms with E-state index < -0.39 is 0 Å². The van der Waals surface area contributed by atoms with E-state index in [1.165, 1.54) is 45.4 Å². The standard InChI is InChI=1S/C20H31N3O/c1-2-4-20-17(3-1)15-18(20)16-21-19-5-7-22(8-6-19)9-10-23-11-13-24-14-12-23/h1-4,18-19,21H,5-16H2. The van der Waals surface area contributed by atoms with Crippen LogP contribution >= 0.6 is 0 Å². The Kier molecular flexibility index (Phi) is 5.48. The van der Waals surface area contributed by atoms with Gasteiger partial charge in [0.25, 0.3) is 0 Å². The van der Waals surface area contributed by atoms with Gasteiger partial charge in [-0.05, 0) is 43.5 Å². The fourth-order valence-electron chi connectivity index (χ4n) is 4.32. The van der Waals surface area contributed by atoms with Gasteiger partial charge in [-0.15, -0.1) is 0 Å². The number of hydrogen-bond donors (Lipinski definition) is 1. The van der Waals surface area contributed by atoms with E-state index in [1.807, 2.05) is 0 Å². The van der Waals surface area contributed by atoms with Crippen LogP contribution in [0.5, 0.6) is 0 Å². The molecule has 1 aliphatic carbocycles. The smallest absolute Gasteiger partial charge is 0.0594 e. The van der Waals surface area contributed by atoms with Crippen LogP contribution < -0.4 is 5.32 Å². The number of nitrogens with one attached hydrogen (secondary N) is 1. The van der Waals surface area contributed by atoms with Crippen LogP contribution in [0, 0.1) is 0 Å². The number of piperidine rings is 1. The number of likely N-dealkylation sites (tertiary alicyclic amines) is 1. The van der Waals surface area contributed by atoms with Crippen molar-refractivity contribution < 1.29 is 4.74 Å². The summed E-state index contributed by atoms with van der Waals surface area (Å²) >= 11 is 0. The number of ether oxygens (including phenoxy) is 1. The zero-order chi connectivity index (χ0) is 16.2. The van der Waals surface area contributed by atoms with Crippen LogP contribution in [0.2, 0.25) is 0 Å². The van der Waals surface area contributed by atoms with Gasteiger partial charge in [0.15, 0.2) is 0 Å². The molecular formula is C20H31N3O. The summed E-state index contributed by atoms with van der Waals surface area (Å²) in [6, 6.07) is 9.64. The molecule has 1 aromatic carbocycles. The first-order valence-corrected chi connectivity index (χ1v) is 9.72. The molecule has 0 aromatic heterocycles. The maximum atomic E-state index is 5.42. The largest absolute Gasteiger partial charge is 0.379 e. The molecule has 2 heterocycles. The van der Waals surface area contributed by atoms with E-state index in [0.29, 0.717) is 0 Å². The summed E-state index contributed by atoms with van der Waals surface area (Å²) in [6.45, 7) is 10.2. The number of morpholine rings is 1. The van der Waals surface area contributed by atoms with E-state index in [2.05, 4.69) is 39.4 Å². The average Bonchev–Trinajstić information content (AvgIpc) is 2.63. The highest BCUT2D eigenvalue weighted by molar-refractivity contribution is 5.40. The van der Waals surface area contributed by atoms with E-state index in [1.54, 1.807) is 11.1 Å². The van der Waals surface area contributed by atoms with Gasteiger partial charge in [0, 0.05) is 44.7 Å². The van der Waals surface area contributed by atoms with Crippen LogP contribution in [0.3, 0.4) is 0 Å². The summed E-state index contributed by atoms with van der Waals surface area (Å²) in [5, 5.41) is 3.84. The fraction of sp³-hybridized carbons (Fsp3) is 0.700. The Balaban J connectivity index is 1.12. The molecule has 3 aliphatic rings. The monoisotopic (exact) mass is 329 g/mol. The fourth-order valence-corrected chi connectivity index (χ4v) is 4.32. The summed E-state index contributed by atoms with van der Waals surface area (Å²) in [6.07, 6.45) is 3.87. The first-order chi connectivity index (χ1) is 11.9. The maximum absolute atomic E-state index is 5.42. The molecule has 2 aliphatic heterocycles. The molecule has 4 nitrogen and oxygen atoms in total. The lowest BCUT2D eigenvalue weighted by Gasteiger charge is -2.36. The van der Waals surface area contributed by atoms with E-state index >= 15 is 0 Å². The van der Waals surface area contributed by atoms with Crippen LogP contribution in [0.25, 0.3) is 0 Å². The molecule has 0 radical (unpaired) electrons. The molecule has 2 fully saturated rings. The Bertz CT molecular complexity index is 521.